The summed E-state index contributed by atoms with van der Waals surface area (Å²) in [6.07, 6.45) is 10.4. The minimum absolute atomic E-state index is 0.0977. The summed E-state index contributed by atoms with van der Waals surface area (Å²) in [7, 11) is -3.85. The minimum atomic E-state index is -3.85. The molecule has 3 fully saturated rings. The van der Waals surface area contributed by atoms with E-state index in [0.717, 1.165) is 57.8 Å². The Labute approximate surface area is 220 Å². The van der Waals surface area contributed by atoms with Crippen molar-refractivity contribution in [3.8, 4) is 0 Å². The Hall–Kier alpha value is -2.46. The summed E-state index contributed by atoms with van der Waals surface area (Å²) in [4.78, 5) is 41.1. The zero-order valence-electron chi connectivity index (χ0n) is 21.5. The molecule has 37 heavy (non-hydrogen) atoms. The molecule has 1 saturated heterocycles. The number of sulfonamides is 1. The molecular formula is C27H40N4O5S. The molecule has 0 spiro atoms. The number of benzene rings is 1. The summed E-state index contributed by atoms with van der Waals surface area (Å²) in [5, 5.41) is 2.80. The maximum absolute atomic E-state index is 13.6. The predicted octanol–water partition coefficient (Wildman–Crippen LogP) is 2.41. The first kappa shape index (κ1) is 27.6. The summed E-state index contributed by atoms with van der Waals surface area (Å²) in [5.41, 5.74) is 5.68. The molecule has 2 unspecified atom stereocenters. The van der Waals surface area contributed by atoms with E-state index in [1.165, 1.54) is 22.9 Å². The number of nitrogens with one attached hydrogen (secondary N) is 1. The number of hydrogen-bond acceptors (Lipinski definition) is 5. The number of nitrogens with two attached hydrogens (primary N) is 1. The second kappa shape index (κ2) is 12.4. The molecule has 3 aliphatic rings. The highest BCUT2D eigenvalue weighted by molar-refractivity contribution is 7.89. The molecule has 2 saturated carbocycles. The Morgan fingerprint density at radius 1 is 0.919 bits per heavy atom. The summed E-state index contributed by atoms with van der Waals surface area (Å²) < 4.78 is 28.0. The maximum atomic E-state index is 13.6. The lowest BCUT2D eigenvalue weighted by Gasteiger charge is -2.42. The summed E-state index contributed by atoms with van der Waals surface area (Å²) in [6.45, 7) is 0.0839. The van der Waals surface area contributed by atoms with E-state index in [0.29, 0.717) is 12.3 Å². The lowest BCUT2D eigenvalue weighted by atomic mass is 9.84. The van der Waals surface area contributed by atoms with Crippen LogP contribution in [-0.4, -0.2) is 67.1 Å². The molecule has 0 bridgehead atoms. The Balaban J connectivity index is 1.54. The number of piperazine rings is 1. The van der Waals surface area contributed by atoms with Gasteiger partial charge in [-0.05, 0) is 37.3 Å². The average molecular weight is 533 g/mol. The first-order valence-electron chi connectivity index (χ1n) is 13.7. The van der Waals surface area contributed by atoms with E-state index in [4.69, 9.17) is 5.73 Å². The van der Waals surface area contributed by atoms with E-state index < -0.39 is 33.9 Å². The fourth-order valence-electron chi connectivity index (χ4n) is 6.06. The van der Waals surface area contributed by atoms with Gasteiger partial charge >= 0.3 is 0 Å². The average Bonchev–Trinajstić information content (AvgIpc) is 2.93. The van der Waals surface area contributed by atoms with Crippen molar-refractivity contribution in [3.05, 3.63) is 30.3 Å². The van der Waals surface area contributed by atoms with Gasteiger partial charge in [-0.3, -0.25) is 14.4 Å². The van der Waals surface area contributed by atoms with Gasteiger partial charge in [-0.1, -0.05) is 69.6 Å². The van der Waals surface area contributed by atoms with Crippen LogP contribution >= 0.6 is 0 Å². The van der Waals surface area contributed by atoms with Crippen molar-refractivity contribution in [1.29, 1.82) is 0 Å². The monoisotopic (exact) mass is 532 g/mol. The number of carbonyl (C=O) groups excluding carboxylic acids is 3. The fraction of sp³-hybridized carbons (Fsp3) is 0.667. The minimum Gasteiger partial charge on any atom is -0.368 e. The van der Waals surface area contributed by atoms with Gasteiger partial charge in [0.25, 0.3) is 0 Å². The third kappa shape index (κ3) is 6.71. The van der Waals surface area contributed by atoms with E-state index in [1.807, 2.05) is 0 Å². The first-order chi connectivity index (χ1) is 17.8. The summed E-state index contributed by atoms with van der Waals surface area (Å²) in [6, 6.07) is 6.24. The van der Waals surface area contributed by atoms with E-state index in [1.54, 1.807) is 23.1 Å². The van der Waals surface area contributed by atoms with Crippen LogP contribution in [0.15, 0.2) is 35.2 Å². The molecule has 10 heteroatoms. The molecule has 3 amide bonds. The van der Waals surface area contributed by atoms with E-state index in [-0.39, 0.29) is 36.4 Å². The first-order valence-corrected chi connectivity index (χ1v) is 15.2. The third-order valence-corrected chi connectivity index (χ3v) is 10.1. The SMILES string of the molecule is NC(=O)C(CC1CCCCC1)NC(=O)C1CN(S(=O)(=O)c2ccccc2)CCN1C(=O)C1CCCCC1. The van der Waals surface area contributed by atoms with Gasteiger partial charge in [-0.15, -0.1) is 0 Å². The number of primary amides is 1. The normalized spacial score (nSPS) is 23.4. The van der Waals surface area contributed by atoms with Crippen LogP contribution in [0.4, 0.5) is 0 Å². The van der Waals surface area contributed by atoms with Crippen molar-refractivity contribution in [1.82, 2.24) is 14.5 Å². The van der Waals surface area contributed by atoms with Crippen molar-refractivity contribution in [2.45, 2.75) is 87.6 Å². The van der Waals surface area contributed by atoms with E-state index in [2.05, 4.69) is 5.32 Å². The summed E-state index contributed by atoms with van der Waals surface area (Å²) >= 11 is 0. The highest BCUT2D eigenvalue weighted by Crippen LogP contribution is 2.29. The quantitative estimate of drug-likeness (QED) is 0.531. The molecule has 1 aromatic rings. The van der Waals surface area contributed by atoms with Crippen LogP contribution in [0.3, 0.4) is 0 Å². The zero-order valence-corrected chi connectivity index (χ0v) is 22.3. The van der Waals surface area contributed by atoms with Gasteiger partial charge in [-0.25, -0.2) is 8.42 Å². The molecular weight excluding hydrogens is 492 g/mol. The lowest BCUT2D eigenvalue weighted by molar-refractivity contribution is -0.147. The van der Waals surface area contributed by atoms with Gasteiger partial charge in [0.05, 0.1) is 4.90 Å². The molecule has 204 valence electrons. The third-order valence-electron chi connectivity index (χ3n) is 8.22. The molecule has 0 aromatic heterocycles. The van der Waals surface area contributed by atoms with Crippen molar-refractivity contribution < 1.29 is 22.8 Å². The van der Waals surface area contributed by atoms with Crippen LogP contribution in [0.1, 0.15) is 70.6 Å². The van der Waals surface area contributed by atoms with Gasteiger partial charge in [0, 0.05) is 25.6 Å². The number of nitrogens with zero attached hydrogens (tertiary/aromatic N) is 2. The number of carbonyl (C=O) groups is 3. The molecule has 1 aromatic carbocycles. The Morgan fingerprint density at radius 2 is 1.54 bits per heavy atom. The molecule has 1 aliphatic heterocycles. The van der Waals surface area contributed by atoms with Gasteiger partial charge in [0.1, 0.15) is 12.1 Å². The second-order valence-corrected chi connectivity index (χ2v) is 12.7. The molecule has 0 radical (unpaired) electrons. The van der Waals surface area contributed by atoms with Gasteiger partial charge in [0.2, 0.25) is 27.7 Å². The van der Waals surface area contributed by atoms with Crippen LogP contribution in [-0.2, 0) is 24.4 Å². The van der Waals surface area contributed by atoms with Crippen molar-refractivity contribution in [2.75, 3.05) is 19.6 Å². The van der Waals surface area contributed by atoms with Crippen LogP contribution < -0.4 is 11.1 Å². The standard InChI is InChI=1S/C27H40N4O5S/c28-25(32)23(18-20-10-4-1-5-11-20)29-26(33)24-19-30(37(35,36)22-14-8-3-9-15-22)16-17-31(24)27(34)21-12-6-2-7-13-21/h3,8-9,14-15,20-21,23-24H,1-2,4-7,10-13,16-19H2,(H2,28,32)(H,29,33). The maximum Gasteiger partial charge on any atom is 0.244 e. The van der Waals surface area contributed by atoms with Crippen molar-refractivity contribution in [3.63, 3.8) is 0 Å². The van der Waals surface area contributed by atoms with Crippen molar-refractivity contribution in [2.24, 2.45) is 17.6 Å². The Kier molecular flexibility index (Phi) is 9.23. The second-order valence-electron chi connectivity index (χ2n) is 10.8. The number of amides is 3. The van der Waals surface area contributed by atoms with Crippen LogP contribution in [0.25, 0.3) is 0 Å². The van der Waals surface area contributed by atoms with E-state index >= 15 is 0 Å². The molecule has 4 rings (SSSR count). The largest absolute Gasteiger partial charge is 0.368 e. The Bertz CT molecular complexity index is 1050. The van der Waals surface area contributed by atoms with Crippen LogP contribution in [0.2, 0.25) is 0 Å². The van der Waals surface area contributed by atoms with Crippen LogP contribution in [0.5, 0.6) is 0 Å². The fourth-order valence-corrected chi connectivity index (χ4v) is 7.52. The molecule has 1 heterocycles. The van der Waals surface area contributed by atoms with Gasteiger partial charge in [0.15, 0.2) is 0 Å². The predicted molar refractivity (Wildman–Crippen MR) is 140 cm³/mol. The van der Waals surface area contributed by atoms with E-state index in [9.17, 15) is 22.8 Å². The van der Waals surface area contributed by atoms with Gasteiger partial charge in [-0.2, -0.15) is 4.31 Å². The molecule has 2 aliphatic carbocycles. The zero-order chi connectivity index (χ0) is 26.4. The summed E-state index contributed by atoms with van der Waals surface area (Å²) in [5.74, 6) is -1.06. The van der Waals surface area contributed by atoms with Gasteiger partial charge < -0.3 is 16.0 Å². The highest BCUT2D eigenvalue weighted by Gasteiger charge is 2.42. The topological polar surface area (TPSA) is 130 Å². The number of hydrogen-bond donors (Lipinski definition) is 2. The molecule has 3 N–H and O–H groups in total. The smallest absolute Gasteiger partial charge is 0.244 e. The molecule has 9 nitrogen and oxygen atoms in total. The lowest BCUT2D eigenvalue weighted by Crippen LogP contribution is -2.63. The molecule has 2 atom stereocenters. The number of rotatable bonds is 8. The van der Waals surface area contributed by atoms with Crippen molar-refractivity contribution >= 4 is 27.7 Å². The van der Waals surface area contributed by atoms with Crippen LogP contribution in [0, 0.1) is 11.8 Å². The Morgan fingerprint density at radius 3 is 2.16 bits per heavy atom. The highest BCUT2D eigenvalue weighted by atomic mass is 32.2.